The molecule has 0 fully saturated rings. The minimum absolute atomic E-state index is 0.0922. The van der Waals surface area contributed by atoms with Crippen molar-refractivity contribution in [3.63, 3.8) is 0 Å². The molecular weight excluding hydrogens is 340 g/mol. The van der Waals surface area contributed by atoms with Gasteiger partial charge in [0.05, 0.1) is 13.0 Å². The van der Waals surface area contributed by atoms with Crippen LogP contribution in [0.5, 0.6) is 5.75 Å². The third-order valence-corrected chi connectivity index (χ3v) is 5.28. The van der Waals surface area contributed by atoms with E-state index in [1.807, 2.05) is 61.5 Å². The summed E-state index contributed by atoms with van der Waals surface area (Å²) in [7, 11) is 1.63. The molecule has 0 N–H and O–H groups in total. The molecule has 5 heteroatoms. The van der Waals surface area contributed by atoms with Gasteiger partial charge in [0.25, 0.3) is 0 Å². The van der Waals surface area contributed by atoms with Crippen LogP contribution in [0.2, 0.25) is 0 Å². The average molecular weight is 366 g/mol. The summed E-state index contributed by atoms with van der Waals surface area (Å²) in [5, 5.41) is 12.2. The predicted octanol–water partition coefficient (Wildman–Crippen LogP) is 5.02. The molecule has 0 amide bonds. The van der Waals surface area contributed by atoms with E-state index in [-0.39, 0.29) is 16.9 Å². The summed E-state index contributed by atoms with van der Waals surface area (Å²) >= 11 is 0. The summed E-state index contributed by atoms with van der Waals surface area (Å²) in [5.41, 5.74) is 2.96. The first-order chi connectivity index (χ1) is 13.1. The lowest BCUT2D eigenvalue weighted by Crippen LogP contribution is -2.51. The van der Waals surface area contributed by atoms with Gasteiger partial charge < -0.3 is 9.64 Å². The van der Waals surface area contributed by atoms with E-state index in [1.165, 1.54) is 0 Å². The summed E-state index contributed by atoms with van der Waals surface area (Å²) in [6.07, 6.45) is 3.72. The minimum atomic E-state index is -0.695. The van der Waals surface area contributed by atoms with E-state index in [9.17, 15) is 10.1 Å². The zero-order valence-corrected chi connectivity index (χ0v) is 16.0. The van der Waals surface area contributed by atoms with Crippen molar-refractivity contribution in [2.24, 2.45) is 0 Å². The monoisotopic (exact) mass is 366 g/mol. The Morgan fingerprint density at radius 3 is 2.33 bits per heavy atom. The van der Waals surface area contributed by atoms with Crippen LogP contribution in [0.4, 0.5) is 5.69 Å². The standard InChI is InChI=1S/C22H26N2O3/c1-4-8-20-22(24(25)26)21(17-9-6-5-7-10-17)16(2)15-23(20)18-11-13-19(27-3)14-12-18/h5-7,9-15,20-22H,4,8H2,1-3H3. The van der Waals surface area contributed by atoms with Gasteiger partial charge in [0.1, 0.15) is 11.8 Å². The number of hydrogen-bond acceptors (Lipinski definition) is 4. The molecule has 0 bridgehead atoms. The number of nitrogens with zero attached hydrogens (tertiary/aromatic N) is 2. The van der Waals surface area contributed by atoms with Crippen molar-refractivity contribution in [2.45, 2.75) is 44.7 Å². The Labute approximate surface area is 160 Å². The molecule has 0 spiro atoms. The lowest BCUT2D eigenvalue weighted by molar-refractivity contribution is -0.529. The molecule has 142 valence electrons. The molecule has 2 aromatic carbocycles. The van der Waals surface area contributed by atoms with Gasteiger partial charge >= 0.3 is 0 Å². The maximum absolute atomic E-state index is 12.2. The summed E-state index contributed by atoms with van der Waals surface area (Å²) in [6, 6.07) is 16.6. The fourth-order valence-corrected chi connectivity index (χ4v) is 4.06. The number of rotatable bonds is 6. The van der Waals surface area contributed by atoms with Gasteiger partial charge in [-0.15, -0.1) is 0 Å². The molecule has 1 heterocycles. The highest BCUT2D eigenvalue weighted by molar-refractivity contribution is 5.55. The smallest absolute Gasteiger partial charge is 0.243 e. The zero-order valence-electron chi connectivity index (χ0n) is 16.0. The molecule has 0 saturated heterocycles. The van der Waals surface area contributed by atoms with Gasteiger partial charge in [0.15, 0.2) is 0 Å². The molecule has 0 aliphatic carbocycles. The number of ether oxygens (including phenoxy) is 1. The lowest BCUT2D eigenvalue weighted by atomic mass is 9.78. The lowest BCUT2D eigenvalue weighted by Gasteiger charge is -2.40. The Hall–Kier alpha value is -2.82. The Balaban J connectivity index is 2.08. The minimum Gasteiger partial charge on any atom is -0.497 e. The average Bonchev–Trinajstić information content (AvgIpc) is 2.69. The molecule has 5 nitrogen and oxygen atoms in total. The maximum atomic E-state index is 12.2. The maximum Gasteiger partial charge on any atom is 0.243 e. The molecule has 3 unspecified atom stereocenters. The highest BCUT2D eigenvalue weighted by Gasteiger charge is 2.46. The van der Waals surface area contributed by atoms with Gasteiger partial charge in [-0.3, -0.25) is 10.1 Å². The number of nitro groups is 1. The third-order valence-electron chi connectivity index (χ3n) is 5.28. The zero-order chi connectivity index (χ0) is 19.4. The van der Waals surface area contributed by atoms with Crippen LogP contribution in [0.25, 0.3) is 0 Å². The quantitative estimate of drug-likeness (QED) is 0.532. The van der Waals surface area contributed by atoms with Crippen molar-refractivity contribution in [3.05, 3.63) is 82.0 Å². The van der Waals surface area contributed by atoms with Crippen LogP contribution in [0, 0.1) is 10.1 Å². The summed E-state index contributed by atoms with van der Waals surface area (Å²) < 4.78 is 5.24. The second-order valence-electron chi connectivity index (χ2n) is 7.00. The normalized spacial score (nSPS) is 22.3. The van der Waals surface area contributed by atoms with Gasteiger partial charge in [-0.05, 0) is 48.7 Å². The summed E-state index contributed by atoms with van der Waals surface area (Å²) in [6.45, 7) is 4.07. The van der Waals surface area contributed by atoms with Crippen LogP contribution in [-0.2, 0) is 0 Å². The molecule has 0 radical (unpaired) electrons. The molecule has 3 atom stereocenters. The molecule has 2 aromatic rings. The van der Waals surface area contributed by atoms with Gasteiger partial charge in [0, 0.05) is 16.8 Å². The van der Waals surface area contributed by atoms with E-state index in [2.05, 4.69) is 18.0 Å². The van der Waals surface area contributed by atoms with E-state index in [1.54, 1.807) is 7.11 Å². The van der Waals surface area contributed by atoms with Crippen LogP contribution in [-0.4, -0.2) is 24.1 Å². The molecular formula is C22H26N2O3. The number of hydrogen-bond donors (Lipinski definition) is 0. The van der Waals surface area contributed by atoms with Crippen molar-refractivity contribution in [1.82, 2.24) is 0 Å². The third kappa shape index (κ3) is 3.82. The molecule has 0 aromatic heterocycles. The summed E-state index contributed by atoms with van der Waals surface area (Å²) in [4.78, 5) is 14.2. The van der Waals surface area contributed by atoms with Crippen LogP contribution < -0.4 is 9.64 Å². The van der Waals surface area contributed by atoms with Crippen molar-refractivity contribution < 1.29 is 9.66 Å². The van der Waals surface area contributed by atoms with Crippen LogP contribution >= 0.6 is 0 Å². The van der Waals surface area contributed by atoms with Crippen molar-refractivity contribution in [3.8, 4) is 5.75 Å². The van der Waals surface area contributed by atoms with E-state index < -0.39 is 6.04 Å². The first-order valence-corrected chi connectivity index (χ1v) is 9.36. The van der Waals surface area contributed by atoms with Gasteiger partial charge in [-0.2, -0.15) is 0 Å². The number of benzene rings is 2. The predicted molar refractivity (Wildman–Crippen MR) is 108 cm³/mol. The Morgan fingerprint density at radius 2 is 1.78 bits per heavy atom. The molecule has 3 rings (SSSR count). The second kappa shape index (κ2) is 8.25. The Morgan fingerprint density at radius 1 is 1.11 bits per heavy atom. The van der Waals surface area contributed by atoms with Gasteiger partial charge in [-0.1, -0.05) is 43.7 Å². The molecule has 1 aliphatic heterocycles. The Kier molecular flexibility index (Phi) is 5.79. The molecule has 27 heavy (non-hydrogen) atoms. The first-order valence-electron chi connectivity index (χ1n) is 9.36. The SMILES string of the molecule is CCCC1C([N+](=O)[O-])C(c2ccccc2)C(C)=CN1c1ccc(OC)cc1. The van der Waals surface area contributed by atoms with Crippen molar-refractivity contribution >= 4 is 5.69 Å². The fourth-order valence-electron chi connectivity index (χ4n) is 4.06. The van der Waals surface area contributed by atoms with Crippen LogP contribution in [0.1, 0.15) is 38.2 Å². The van der Waals surface area contributed by atoms with E-state index >= 15 is 0 Å². The highest BCUT2D eigenvalue weighted by atomic mass is 16.6. The van der Waals surface area contributed by atoms with Gasteiger partial charge in [0.2, 0.25) is 6.04 Å². The Bertz CT molecular complexity index is 802. The van der Waals surface area contributed by atoms with E-state index in [0.29, 0.717) is 0 Å². The van der Waals surface area contributed by atoms with E-state index in [4.69, 9.17) is 4.74 Å². The highest BCUT2D eigenvalue weighted by Crippen LogP contribution is 2.40. The molecule has 0 saturated carbocycles. The topological polar surface area (TPSA) is 55.6 Å². The largest absolute Gasteiger partial charge is 0.497 e. The summed E-state index contributed by atoms with van der Waals surface area (Å²) in [5.74, 6) is 0.559. The van der Waals surface area contributed by atoms with Crippen molar-refractivity contribution in [1.29, 1.82) is 0 Å². The van der Waals surface area contributed by atoms with Crippen LogP contribution in [0.3, 0.4) is 0 Å². The van der Waals surface area contributed by atoms with Crippen molar-refractivity contribution in [2.75, 3.05) is 12.0 Å². The second-order valence-corrected chi connectivity index (χ2v) is 7.00. The van der Waals surface area contributed by atoms with Gasteiger partial charge in [-0.25, -0.2) is 0 Å². The first kappa shape index (κ1) is 19.0. The number of anilines is 1. The number of methoxy groups -OCH3 is 1. The van der Waals surface area contributed by atoms with E-state index in [0.717, 1.165) is 35.4 Å². The van der Waals surface area contributed by atoms with Crippen LogP contribution in [0.15, 0.2) is 66.4 Å². The molecule has 1 aliphatic rings. The fraction of sp³-hybridized carbons (Fsp3) is 0.364.